The fourth-order valence-electron chi connectivity index (χ4n) is 0.905. The summed E-state index contributed by atoms with van der Waals surface area (Å²) in [5.74, 6) is 0.629. The van der Waals surface area contributed by atoms with Crippen LogP contribution in [0.2, 0.25) is 0 Å². The standard InChI is InChI=1S/C9H22N2O2S/c1-8(2)5-7-14(12,13)11-6-4-9(3)10/h8-9,11H,4-7,10H2,1-3H3. The molecule has 1 atom stereocenters. The second kappa shape index (κ2) is 6.37. The lowest BCUT2D eigenvalue weighted by molar-refractivity contribution is 0.555. The van der Waals surface area contributed by atoms with Crippen LogP contribution in [0.4, 0.5) is 0 Å². The summed E-state index contributed by atoms with van der Waals surface area (Å²) < 4.78 is 25.3. The molecule has 4 nitrogen and oxygen atoms in total. The molecule has 1 unspecified atom stereocenters. The molecule has 3 N–H and O–H groups in total. The summed E-state index contributed by atoms with van der Waals surface area (Å²) in [4.78, 5) is 0. The van der Waals surface area contributed by atoms with Gasteiger partial charge in [0.05, 0.1) is 5.75 Å². The van der Waals surface area contributed by atoms with Crippen molar-refractivity contribution >= 4 is 10.0 Å². The van der Waals surface area contributed by atoms with Gasteiger partial charge in [0.25, 0.3) is 0 Å². The zero-order valence-corrected chi connectivity index (χ0v) is 10.1. The van der Waals surface area contributed by atoms with Crippen LogP contribution in [0.3, 0.4) is 0 Å². The molecule has 0 aliphatic carbocycles. The first-order valence-corrected chi connectivity index (χ1v) is 6.71. The minimum atomic E-state index is -3.08. The summed E-state index contributed by atoms with van der Waals surface area (Å²) in [5, 5.41) is 0. The number of nitrogens with one attached hydrogen (secondary N) is 1. The van der Waals surface area contributed by atoms with Crippen LogP contribution in [0.15, 0.2) is 0 Å². The minimum absolute atomic E-state index is 0.0443. The highest BCUT2D eigenvalue weighted by molar-refractivity contribution is 7.89. The van der Waals surface area contributed by atoms with E-state index in [-0.39, 0.29) is 11.8 Å². The van der Waals surface area contributed by atoms with Crippen LogP contribution < -0.4 is 10.5 Å². The third-order valence-electron chi connectivity index (χ3n) is 1.89. The minimum Gasteiger partial charge on any atom is -0.328 e. The van der Waals surface area contributed by atoms with E-state index in [0.29, 0.717) is 25.3 Å². The van der Waals surface area contributed by atoms with Gasteiger partial charge in [-0.05, 0) is 25.7 Å². The third kappa shape index (κ3) is 8.47. The molecule has 0 spiro atoms. The second-order valence-electron chi connectivity index (χ2n) is 4.16. The summed E-state index contributed by atoms with van der Waals surface area (Å²) >= 11 is 0. The monoisotopic (exact) mass is 222 g/mol. The first kappa shape index (κ1) is 13.9. The first-order chi connectivity index (χ1) is 6.33. The third-order valence-corrected chi connectivity index (χ3v) is 3.30. The van der Waals surface area contributed by atoms with Gasteiger partial charge in [-0.1, -0.05) is 13.8 Å². The maximum absolute atomic E-state index is 11.4. The van der Waals surface area contributed by atoms with Crippen LogP contribution in [0.25, 0.3) is 0 Å². The highest BCUT2D eigenvalue weighted by Gasteiger charge is 2.10. The SMILES string of the molecule is CC(C)CCS(=O)(=O)NCCC(C)N. The first-order valence-electron chi connectivity index (χ1n) is 5.06. The molecule has 5 heteroatoms. The number of rotatable bonds is 7. The van der Waals surface area contributed by atoms with Gasteiger partial charge in [-0.3, -0.25) is 0 Å². The van der Waals surface area contributed by atoms with Gasteiger partial charge in [0.1, 0.15) is 0 Å². The fraction of sp³-hybridized carbons (Fsp3) is 1.00. The van der Waals surface area contributed by atoms with Crippen LogP contribution >= 0.6 is 0 Å². The smallest absolute Gasteiger partial charge is 0.211 e. The van der Waals surface area contributed by atoms with E-state index >= 15 is 0 Å². The molecule has 0 amide bonds. The molecular weight excluding hydrogens is 200 g/mol. The lowest BCUT2D eigenvalue weighted by Gasteiger charge is -2.09. The van der Waals surface area contributed by atoms with Crippen LogP contribution in [0.5, 0.6) is 0 Å². The van der Waals surface area contributed by atoms with Gasteiger partial charge in [0, 0.05) is 12.6 Å². The molecule has 14 heavy (non-hydrogen) atoms. The van der Waals surface area contributed by atoms with Gasteiger partial charge in [0.15, 0.2) is 0 Å². The van der Waals surface area contributed by atoms with Crippen molar-refractivity contribution in [3.8, 4) is 0 Å². The van der Waals surface area contributed by atoms with E-state index in [0.717, 1.165) is 0 Å². The summed E-state index contributed by atoms with van der Waals surface area (Å²) in [6.07, 6.45) is 1.38. The zero-order valence-electron chi connectivity index (χ0n) is 9.29. The Morgan fingerprint density at radius 3 is 2.21 bits per heavy atom. The van der Waals surface area contributed by atoms with Gasteiger partial charge in [-0.15, -0.1) is 0 Å². The molecule has 0 aliphatic heterocycles. The predicted octanol–water partition coefficient (Wildman–Crippen LogP) is 0.689. The Kier molecular flexibility index (Phi) is 6.31. The predicted molar refractivity (Wildman–Crippen MR) is 59.5 cm³/mol. The van der Waals surface area contributed by atoms with Gasteiger partial charge in [-0.2, -0.15) is 0 Å². The van der Waals surface area contributed by atoms with E-state index in [4.69, 9.17) is 5.73 Å². The topological polar surface area (TPSA) is 72.2 Å². The lowest BCUT2D eigenvalue weighted by atomic mass is 10.2. The Morgan fingerprint density at radius 2 is 1.79 bits per heavy atom. The lowest BCUT2D eigenvalue weighted by Crippen LogP contribution is -2.31. The van der Waals surface area contributed by atoms with Crippen molar-refractivity contribution in [1.82, 2.24) is 4.72 Å². The second-order valence-corrected chi connectivity index (χ2v) is 6.09. The molecule has 0 fully saturated rings. The molecule has 0 aromatic carbocycles. The largest absolute Gasteiger partial charge is 0.328 e. The van der Waals surface area contributed by atoms with Gasteiger partial charge < -0.3 is 5.73 Å². The van der Waals surface area contributed by atoms with Crippen molar-refractivity contribution in [2.75, 3.05) is 12.3 Å². The zero-order chi connectivity index (χ0) is 11.2. The van der Waals surface area contributed by atoms with E-state index in [1.165, 1.54) is 0 Å². The van der Waals surface area contributed by atoms with Gasteiger partial charge in [-0.25, -0.2) is 13.1 Å². The van der Waals surface area contributed by atoms with Crippen LogP contribution in [-0.4, -0.2) is 26.8 Å². The normalized spacial score (nSPS) is 14.6. The van der Waals surface area contributed by atoms with E-state index in [1.807, 2.05) is 20.8 Å². The van der Waals surface area contributed by atoms with Crippen molar-refractivity contribution in [2.24, 2.45) is 11.7 Å². The van der Waals surface area contributed by atoms with Gasteiger partial charge >= 0.3 is 0 Å². The summed E-state index contributed by atoms with van der Waals surface area (Å²) in [7, 11) is -3.08. The average molecular weight is 222 g/mol. The Balaban J connectivity index is 3.73. The number of sulfonamides is 1. The van der Waals surface area contributed by atoms with E-state index in [2.05, 4.69) is 4.72 Å². The summed E-state index contributed by atoms with van der Waals surface area (Å²) in [6.45, 7) is 6.33. The van der Waals surface area contributed by atoms with Crippen molar-refractivity contribution < 1.29 is 8.42 Å². The summed E-state index contributed by atoms with van der Waals surface area (Å²) in [5.41, 5.74) is 5.51. The number of hydrogen-bond donors (Lipinski definition) is 2. The maximum atomic E-state index is 11.4. The molecule has 0 aromatic rings. The summed E-state index contributed by atoms with van der Waals surface area (Å²) in [6, 6.07) is 0.0443. The molecule has 0 heterocycles. The molecule has 0 radical (unpaired) electrons. The maximum Gasteiger partial charge on any atom is 0.211 e. The Morgan fingerprint density at radius 1 is 1.21 bits per heavy atom. The van der Waals surface area contributed by atoms with Crippen molar-refractivity contribution in [2.45, 2.75) is 39.7 Å². The van der Waals surface area contributed by atoms with E-state index < -0.39 is 10.0 Å². The van der Waals surface area contributed by atoms with Crippen molar-refractivity contribution in [3.05, 3.63) is 0 Å². The van der Waals surface area contributed by atoms with Gasteiger partial charge in [0.2, 0.25) is 10.0 Å². The number of hydrogen-bond acceptors (Lipinski definition) is 3. The molecule has 86 valence electrons. The van der Waals surface area contributed by atoms with E-state index in [1.54, 1.807) is 0 Å². The Bertz CT molecular complexity index is 235. The molecule has 0 saturated heterocycles. The highest BCUT2D eigenvalue weighted by atomic mass is 32.2. The quantitative estimate of drug-likeness (QED) is 0.665. The number of nitrogens with two attached hydrogens (primary N) is 1. The fourth-order valence-corrected chi connectivity index (χ4v) is 2.26. The van der Waals surface area contributed by atoms with Crippen LogP contribution in [-0.2, 0) is 10.0 Å². The van der Waals surface area contributed by atoms with Crippen LogP contribution in [0, 0.1) is 5.92 Å². The van der Waals surface area contributed by atoms with Crippen molar-refractivity contribution in [1.29, 1.82) is 0 Å². The molecule has 0 aliphatic rings. The average Bonchev–Trinajstić information content (AvgIpc) is 2.00. The Labute approximate surface area is 87.3 Å². The molecule has 0 bridgehead atoms. The molecular formula is C9H22N2O2S. The molecule has 0 saturated carbocycles. The molecule has 0 aromatic heterocycles. The highest BCUT2D eigenvalue weighted by Crippen LogP contribution is 2.01. The van der Waals surface area contributed by atoms with Crippen LogP contribution in [0.1, 0.15) is 33.6 Å². The van der Waals surface area contributed by atoms with E-state index in [9.17, 15) is 8.42 Å². The van der Waals surface area contributed by atoms with Crippen molar-refractivity contribution in [3.63, 3.8) is 0 Å². The molecule has 0 rings (SSSR count). The Hall–Kier alpha value is -0.130.